The Hall–Kier alpha value is -2.28. The van der Waals surface area contributed by atoms with Gasteiger partial charge in [-0.05, 0) is 57.5 Å². The number of benzene rings is 1. The lowest BCUT2D eigenvalue weighted by atomic mass is 10.1. The number of aliphatic imine (C=N–C) groups is 1. The quantitative estimate of drug-likeness (QED) is 0.444. The highest BCUT2D eigenvalue weighted by Crippen LogP contribution is 2.27. The summed E-state index contributed by atoms with van der Waals surface area (Å²) < 4.78 is 5.40. The summed E-state index contributed by atoms with van der Waals surface area (Å²) in [5.74, 6) is 1.63. The molecule has 1 heterocycles. The number of carbonyl (C=O) groups is 1. The fraction of sp³-hybridized carbons (Fsp3) is 0.619. The Bertz CT molecular complexity index is 641. The van der Waals surface area contributed by atoms with Crippen LogP contribution >= 0.6 is 0 Å². The molecule has 3 N–H and O–H groups in total. The van der Waals surface area contributed by atoms with E-state index in [4.69, 9.17) is 4.74 Å². The molecule has 0 radical (unpaired) electrons. The van der Waals surface area contributed by atoms with Crippen LogP contribution < -0.4 is 20.7 Å². The maximum absolute atomic E-state index is 11.8. The van der Waals surface area contributed by atoms with E-state index in [1.54, 1.807) is 14.2 Å². The zero-order valence-electron chi connectivity index (χ0n) is 17.6. The van der Waals surface area contributed by atoms with Gasteiger partial charge < -0.3 is 20.7 Å². The van der Waals surface area contributed by atoms with Gasteiger partial charge in [-0.1, -0.05) is 12.1 Å². The SMILES string of the molecule is CN=C(NCCC(=O)NC(C)C)NCC(c1cccc(OC)c1)N1CCCC1. The van der Waals surface area contributed by atoms with E-state index in [2.05, 4.69) is 38.0 Å². The smallest absolute Gasteiger partial charge is 0.221 e. The number of hydrogen-bond acceptors (Lipinski definition) is 4. The predicted octanol–water partition coefficient (Wildman–Crippen LogP) is 1.91. The Morgan fingerprint density at radius 1 is 1.25 bits per heavy atom. The molecule has 1 fully saturated rings. The molecule has 0 bridgehead atoms. The van der Waals surface area contributed by atoms with Crippen LogP contribution in [0.2, 0.25) is 0 Å². The van der Waals surface area contributed by atoms with Crippen LogP contribution in [0.5, 0.6) is 5.75 Å². The van der Waals surface area contributed by atoms with Crippen molar-refractivity contribution in [3.05, 3.63) is 29.8 Å². The first-order valence-corrected chi connectivity index (χ1v) is 10.2. The maximum atomic E-state index is 11.8. The molecule has 1 aromatic rings. The highest BCUT2D eigenvalue weighted by molar-refractivity contribution is 5.81. The number of methoxy groups -OCH3 is 1. The van der Waals surface area contributed by atoms with Crippen LogP contribution in [0.3, 0.4) is 0 Å². The van der Waals surface area contributed by atoms with Crippen LogP contribution in [0.25, 0.3) is 0 Å². The number of amides is 1. The Morgan fingerprint density at radius 3 is 2.64 bits per heavy atom. The summed E-state index contributed by atoms with van der Waals surface area (Å²) in [6, 6.07) is 8.68. The van der Waals surface area contributed by atoms with Crippen molar-refractivity contribution in [1.29, 1.82) is 0 Å². The van der Waals surface area contributed by atoms with E-state index < -0.39 is 0 Å². The number of rotatable bonds is 9. The third-order valence-electron chi connectivity index (χ3n) is 4.84. The van der Waals surface area contributed by atoms with Gasteiger partial charge in [0, 0.05) is 32.6 Å². The second-order valence-electron chi connectivity index (χ2n) is 7.39. The fourth-order valence-corrected chi connectivity index (χ4v) is 3.46. The lowest BCUT2D eigenvalue weighted by Crippen LogP contribution is -2.43. The van der Waals surface area contributed by atoms with Crippen LogP contribution in [0.1, 0.15) is 44.7 Å². The minimum atomic E-state index is 0.0456. The van der Waals surface area contributed by atoms with Gasteiger partial charge in [0.25, 0.3) is 0 Å². The molecular weight excluding hydrogens is 354 g/mol. The van der Waals surface area contributed by atoms with Gasteiger partial charge in [0.1, 0.15) is 5.75 Å². The number of carbonyl (C=O) groups excluding carboxylic acids is 1. The average Bonchev–Trinajstić information content (AvgIpc) is 3.20. The molecule has 1 unspecified atom stereocenters. The molecule has 1 saturated heterocycles. The van der Waals surface area contributed by atoms with Crippen LogP contribution in [0, 0.1) is 0 Å². The van der Waals surface area contributed by atoms with Gasteiger partial charge in [0.05, 0.1) is 13.2 Å². The normalized spacial score (nSPS) is 16.1. The lowest BCUT2D eigenvalue weighted by molar-refractivity contribution is -0.121. The van der Waals surface area contributed by atoms with Gasteiger partial charge in [0.2, 0.25) is 5.91 Å². The third-order valence-corrected chi connectivity index (χ3v) is 4.84. The Balaban J connectivity index is 1.92. The Labute approximate surface area is 168 Å². The summed E-state index contributed by atoms with van der Waals surface area (Å²) in [7, 11) is 3.45. The minimum absolute atomic E-state index is 0.0456. The first-order valence-electron chi connectivity index (χ1n) is 10.2. The molecule has 156 valence electrons. The van der Waals surface area contributed by atoms with E-state index in [-0.39, 0.29) is 18.0 Å². The standard InChI is InChI=1S/C21H35N5O2/c1-16(2)25-20(27)10-11-23-21(22-3)24-15-19(26-12-5-6-13-26)17-8-7-9-18(14-17)28-4/h7-9,14,16,19H,5-6,10-13,15H2,1-4H3,(H,25,27)(H2,22,23,24). The molecule has 7 nitrogen and oxygen atoms in total. The van der Waals surface area contributed by atoms with Crippen molar-refractivity contribution in [2.24, 2.45) is 4.99 Å². The van der Waals surface area contributed by atoms with Gasteiger partial charge in [-0.2, -0.15) is 0 Å². The monoisotopic (exact) mass is 389 g/mol. The summed E-state index contributed by atoms with van der Waals surface area (Å²) in [5.41, 5.74) is 1.24. The lowest BCUT2D eigenvalue weighted by Gasteiger charge is -2.29. The molecule has 0 spiro atoms. The van der Waals surface area contributed by atoms with Gasteiger partial charge >= 0.3 is 0 Å². The van der Waals surface area contributed by atoms with Gasteiger partial charge in [0.15, 0.2) is 5.96 Å². The average molecular weight is 390 g/mol. The number of nitrogens with one attached hydrogen (secondary N) is 3. The summed E-state index contributed by atoms with van der Waals surface area (Å²) in [6.45, 7) is 7.42. The van der Waals surface area contributed by atoms with E-state index in [1.807, 2.05) is 26.0 Å². The summed E-state index contributed by atoms with van der Waals surface area (Å²) in [4.78, 5) is 18.6. The number of likely N-dealkylation sites (tertiary alicyclic amines) is 1. The first-order chi connectivity index (χ1) is 13.5. The molecular formula is C21H35N5O2. The molecule has 0 aromatic heterocycles. The zero-order chi connectivity index (χ0) is 20.4. The highest BCUT2D eigenvalue weighted by atomic mass is 16.5. The molecule has 1 amide bonds. The molecule has 0 saturated carbocycles. The van der Waals surface area contributed by atoms with Crippen molar-refractivity contribution < 1.29 is 9.53 Å². The Kier molecular flexibility index (Phi) is 9.07. The number of hydrogen-bond donors (Lipinski definition) is 3. The van der Waals surface area contributed by atoms with Crippen LogP contribution in [0.4, 0.5) is 0 Å². The topological polar surface area (TPSA) is 78.0 Å². The zero-order valence-corrected chi connectivity index (χ0v) is 17.6. The van der Waals surface area contributed by atoms with E-state index in [9.17, 15) is 4.79 Å². The van der Waals surface area contributed by atoms with Gasteiger partial charge in [-0.3, -0.25) is 14.7 Å². The van der Waals surface area contributed by atoms with E-state index >= 15 is 0 Å². The van der Waals surface area contributed by atoms with E-state index in [1.165, 1.54) is 18.4 Å². The van der Waals surface area contributed by atoms with E-state index in [0.717, 1.165) is 25.4 Å². The van der Waals surface area contributed by atoms with Crippen molar-refractivity contribution in [3.8, 4) is 5.75 Å². The van der Waals surface area contributed by atoms with E-state index in [0.29, 0.717) is 18.9 Å². The van der Waals surface area contributed by atoms with Crippen LogP contribution in [-0.4, -0.2) is 63.1 Å². The maximum Gasteiger partial charge on any atom is 0.221 e. The van der Waals surface area contributed by atoms with Crippen molar-refractivity contribution in [2.45, 2.75) is 45.2 Å². The highest BCUT2D eigenvalue weighted by Gasteiger charge is 2.24. The third kappa shape index (κ3) is 7.03. The van der Waals surface area contributed by atoms with Gasteiger partial charge in [-0.15, -0.1) is 0 Å². The van der Waals surface area contributed by atoms with Crippen molar-refractivity contribution in [2.75, 3.05) is 40.3 Å². The predicted molar refractivity (Wildman–Crippen MR) is 114 cm³/mol. The van der Waals surface area contributed by atoms with Crippen molar-refractivity contribution >= 4 is 11.9 Å². The van der Waals surface area contributed by atoms with Crippen molar-refractivity contribution in [3.63, 3.8) is 0 Å². The van der Waals surface area contributed by atoms with Crippen LogP contribution in [0.15, 0.2) is 29.3 Å². The first kappa shape index (κ1) is 22.0. The minimum Gasteiger partial charge on any atom is -0.497 e. The largest absolute Gasteiger partial charge is 0.497 e. The van der Waals surface area contributed by atoms with Crippen molar-refractivity contribution in [1.82, 2.24) is 20.9 Å². The summed E-state index contributed by atoms with van der Waals surface area (Å²) in [5, 5.41) is 9.55. The molecule has 1 atom stereocenters. The summed E-state index contributed by atoms with van der Waals surface area (Å²) >= 11 is 0. The molecule has 7 heteroatoms. The molecule has 2 rings (SSSR count). The molecule has 1 aromatic carbocycles. The number of guanidine groups is 1. The molecule has 1 aliphatic heterocycles. The molecule has 0 aliphatic carbocycles. The van der Waals surface area contributed by atoms with Gasteiger partial charge in [-0.25, -0.2) is 0 Å². The molecule has 28 heavy (non-hydrogen) atoms. The Morgan fingerprint density at radius 2 is 2.00 bits per heavy atom. The summed E-state index contributed by atoms with van der Waals surface area (Å²) in [6.07, 6.45) is 2.89. The fourth-order valence-electron chi connectivity index (χ4n) is 3.46. The van der Waals surface area contributed by atoms with Crippen LogP contribution in [-0.2, 0) is 4.79 Å². The second-order valence-corrected chi connectivity index (χ2v) is 7.39. The number of nitrogens with zero attached hydrogens (tertiary/aromatic N) is 2. The number of ether oxygens (including phenoxy) is 1. The molecule has 1 aliphatic rings. The second kappa shape index (κ2) is 11.5.